The zero-order valence-electron chi connectivity index (χ0n) is 9.76. The van der Waals surface area contributed by atoms with Gasteiger partial charge in [0.2, 0.25) is 5.28 Å². The fraction of sp³-hybridized carbons (Fsp3) is 0.636. The summed E-state index contributed by atoms with van der Waals surface area (Å²) in [6, 6.07) is 0. The lowest BCUT2D eigenvalue weighted by Gasteiger charge is -2.18. The summed E-state index contributed by atoms with van der Waals surface area (Å²) in [5, 5.41) is 3.57. The molecule has 0 aromatic carbocycles. The Labute approximate surface area is 96.3 Å². The van der Waals surface area contributed by atoms with E-state index in [-0.39, 0.29) is 0 Å². The number of hydrogen-bond donors (Lipinski definition) is 1. The second-order valence-corrected chi connectivity index (χ2v) is 5.25. The Hall–Kier alpha value is -0.830. The van der Waals surface area contributed by atoms with E-state index in [0.29, 0.717) is 10.7 Å². The standard InChI is InChI=1S/C11H18ClN3/c1-8-7-14-10(12)15-9(8)13-6-5-11(2,3)4/h7H,5-6H2,1-4H3,(H,13,14,15). The third kappa shape index (κ3) is 4.47. The molecule has 0 saturated carbocycles. The number of nitrogens with one attached hydrogen (secondary N) is 1. The van der Waals surface area contributed by atoms with Crippen LogP contribution in [0.1, 0.15) is 32.8 Å². The zero-order chi connectivity index (χ0) is 11.5. The Balaban J connectivity index is 2.54. The van der Waals surface area contributed by atoms with Crippen molar-refractivity contribution in [2.45, 2.75) is 34.1 Å². The largest absolute Gasteiger partial charge is 0.370 e. The Morgan fingerprint density at radius 2 is 2.07 bits per heavy atom. The Morgan fingerprint density at radius 1 is 1.40 bits per heavy atom. The number of aryl methyl sites for hydroxylation is 1. The number of rotatable bonds is 3. The molecule has 15 heavy (non-hydrogen) atoms. The van der Waals surface area contributed by atoms with Gasteiger partial charge in [0.15, 0.2) is 0 Å². The smallest absolute Gasteiger partial charge is 0.224 e. The maximum absolute atomic E-state index is 5.72. The predicted molar refractivity (Wildman–Crippen MR) is 64.3 cm³/mol. The van der Waals surface area contributed by atoms with Gasteiger partial charge in [0.05, 0.1) is 0 Å². The van der Waals surface area contributed by atoms with Crippen LogP contribution in [0.2, 0.25) is 5.28 Å². The highest BCUT2D eigenvalue weighted by Gasteiger charge is 2.10. The van der Waals surface area contributed by atoms with Gasteiger partial charge >= 0.3 is 0 Å². The topological polar surface area (TPSA) is 37.8 Å². The number of hydrogen-bond acceptors (Lipinski definition) is 3. The van der Waals surface area contributed by atoms with Crippen molar-refractivity contribution in [3.8, 4) is 0 Å². The van der Waals surface area contributed by atoms with Crippen LogP contribution in [0.4, 0.5) is 5.82 Å². The molecule has 1 heterocycles. The molecule has 1 rings (SSSR count). The maximum Gasteiger partial charge on any atom is 0.224 e. The fourth-order valence-corrected chi connectivity index (χ4v) is 1.29. The van der Waals surface area contributed by atoms with Gasteiger partial charge in [-0.05, 0) is 30.4 Å². The number of anilines is 1. The third-order valence-corrected chi connectivity index (χ3v) is 2.29. The van der Waals surface area contributed by atoms with Gasteiger partial charge < -0.3 is 5.32 Å². The molecule has 0 radical (unpaired) electrons. The van der Waals surface area contributed by atoms with E-state index in [4.69, 9.17) is 11.6 Å². The molecule has 0 saturated heterocycles. The van der Waals surface area contributed by atoms with Gasteiger partial charge in [-0.25, -0.2) is 9.97 Å². The van der Waals surface area contributed by atoms with Crippen LogP contribution < -0.4 is 5.32 Å². The molecule has 0 fully saturated rings. The second-order valence-electron chi connectivity index (χ2n) is 4.91. The molecule has 1 aromatic rings. The zero-order valence-corrected chi connectivity index (χ0v) is 10.5. The minimum Gasteiger partial charge on any atom is -0.370 e. The van der Waals surface area contributed by atoms with Crippen LogP contribution in [-0.4, -0.2) is 16.5 Å². The fourth-order valence-electron chi connectivity index (χ4n) is 1.16. The molecular formula is C11H18ClN3. The second kappa shape index (κ2) is 4.79. The Kier molecular flexibility index (Phi) is 3.91. The van der Waals surface area contributed by atoms with Crippen LogP contribution in [0.25, 0.3) is 0 Å². The van der Waals surface area contributed by atoms with Crippen LogP contribution in [0.15, 0.2) is 6.20 Å². The first kappa shape index (κ1) is 12.2. The van der Waals surface area contributed by atoms with E-state index in [1.54, 1.807) is 6.20 Å². The highest BCUT2D eigenvalue weighted by Crippen LogP contribution is 2.19. The number of aromatic nitrogens is 2. The quantitative estimate of drug-likeness (QED) is 0.806. The summed E-state index contributed by atoms with van der Waals surface area (Å²) in [5.41, 5.74) is 1.35. The van der Waals surface area contributed by atoms with E-state index in [9.17, 15) is 0 Å². The summed E-state index contributed by atoms with van der Waals surface area (Å²) < 4.78 is 0. The van der Waals surface area contributed by atoms with Crippen molar-refractivity contribution in [1.29, 1.82) is 0 Å². The first-order valence-electron chi connectivity index (χ1n) is 5.11. The van der Waals surface area contributed by atoms with Crippen LogP contribution in [0.5, 0.6) is 0 Å². The summed E-state index contributed by atoms with van der Waals surface area (Å²) in [4.78, 5) is 8.05. The molecule has 0 unspecified atom stereocenters. The molecule has 0 aliphatic heterocycles. The summed E-state index contributed by atoms with van der Waals surface area (Å²) in [6.07, 6.45) is 2.82. The van der Waals surface area contributed by atoms with Crippen LogP contribution >= 0.6 is 11.6 Å². The SMILES string of the molecule is Cc1cnc(Cl)nc1NCCC(C)(C)C. The number of halogens is 1. The average molecular weight is 228 g/mol. The van der Waals surface area contributed by atoms with Gasteiger partial charge in [0, 0.05) is 18.3 Å². The van der Waals surface area contributed by atoms with Crippen molar-refractivity contribution in [3.63, 3.8) is 0 Å². The van der Waals surface area contributed by atoms with Crippen molar-refractivity contribution >= 4 is 17.4 Å². The molecular weight excluding hydrogens is 210 g/mol. The van der Waals surface area contributed by atoms with E-state index in [2.05, 4.69) is 36.1 Å². The minimum absolute atomic E-state index is 0.291. The summed E-state index contributed by atoms with van der Waals surface area (Å²) in [5.74, 6) is 0.833. The lowest BCUT2D eigenvalue weighted by molar-refractivity contribution is 0.389. The molecule has 0 aliphatic carbocycles. The van der Waals surface area contributed by atoms with Gasteiger partial charge in [0.1, 0.15) is 5.82 Å². The molecule has 0 atom stereocenters. The van der Waals surface area contributed by atoms with Gasteiger partial charge in [-0.1, -0.05) is 20.8 Å². The van der Waals surface area contributed by atoms with E-state index in [1.807, 2.05) is 6.92 Å². The lowest BCUT2D eigenvalue weighted by Crippen LogP contribution is -2.14. The van der Waals surface area contributed by atoms with Gasteiger partial charge in [-0.2, -0.15) is 0 Å². The van der Waals surface area contributed by atoms with E-state index in [1.165, 1.54) is 0 Å². The van der Waals surface area contributed by atoms with Crippen LogP contribution in [0, 0.1) is 12.3 Å². The molecule has 84 valence electrons. The molecule has 1 aromatic heterocycles. The van der Waals surface area contributed by atoms with Crippen molar-refractivity contribution in [1.82, 2.24) is 9.97 Å². The van der Waals surface area contributed by atoms with E-state index in [0.717, 1.165) is 24.3 Å². The van der Waals surface area contributed by atoms with E-state index < -0.39 is 0 Å². The first-order chi connectivity index (χ1) is 6.88. The van der Waals surface area contributed by atoms with E-state index >= 15 is 0 Å². The van der Waals surface area contributed by atoms with Gasteiger partial charge in [-0.15, -0.1) is 0 Å². The lowest BCUT2D eigenvalue weighted by atomic mass is 9.92. The van der Waals surface area contributed by atoms with Gasteiger partial charge in [-0.3, -0.25) is 0 Å². The van der Waals surface area contributed by atoms with Crippen molar-refractivity contribution in [3.05, 3.63) is 17.0 Å². The van der Waals surface area contributed by atoms with Crippen molar-refractivity contribution in [2.24, 2.45) is 5.41 Å². The maximum atomic E-state index is 5.72. The van der Waals surface area contributed by atoms with Crippen LogP contribution in [-0.2, 0) is 0 Å². The molecule has 0 aliphatic rings. The molecule has 3 nitrogen and oxygen atoms in total. The molecule has 1 N–H and O–H groups in total. The van der Waals surface area contributed by atoms with Gasteiger partial charge in [0.25, 0.3) is 0 Å². The molecule has 0 bridgehead atoms. The Bertz CT molecular complexity index is 331. The highest BCUT2D eigenvalue weighted by molar-refractivity contribution is 6.28. The summed E-state index contributed by atoms with van der Waals surface area (Å²) in [7, 11) is 0. The van der Waals surface area contributed by atoms with Crippen molar-refractivity contribution < 1.29 is 0 Å². The summed E-state index contributed by atoms with van der Waals surface area (Å²) in [6.45, 7) is 9.52. The third-order valence-electron chi connectivity index (χ3n) is 2.11. The molecule has 0 amide bonds. The molecule has 4 heteroatoms. The number of nitrogens with zero attached hydrogens (tertiary/aromatic N) is 2. The van der Waals surface area contributed by atoms with Crippen LogP contribution in [0.3, 0.4) is 0 Å². The Morgan fingerprint density at radius 3 is 2.67 bits per heavy atom. The monoisotopic (exact) mass is 227 g/mol. The minimum atomic E-state index is 0.291. The predicted octanol–water partition coefficient (Wildman–Crippen LogP) is 3.29. The normalized spacial score (nSPS) is 11.5. The highest BCUT2D eigenvalue weighted by atomic mass is 35.5. The van der Waals surface area contributed by atoms with Crippen molar-refractivity contribution in [2.75, 3.05) is 11.9 Å². The average Bonchev–Trinajstić information content (AvgIpc) is 2.09. The molecule has 0 spiro atoms. The first-order valence-corrected chi connectivity index (χ1v) is 5.49. The summed E-state index contributed by atoms with van der Waals surface area (Å²) >= 11 is 5.72.